The van der Waals surface area contributed by atoms with E-state index >= 15 is 0 Å². The summed E-state index contributed by atoms with van der Waals surface area (Å²) in [4.78, 5) is 13.5. The quantitative estimate of drug-likeness (QED) is 0.488. The van der Waals surface area contributed by atoms with Crippen molar-refractivity contribution in [2.24, 2.45) is 5.18 Å². The van der Waals surface area contributed by atoms with Gasteiger partial charge in [0.25, 0.3) is 0 Å². The highest BCUT2D eigenvalue weighted by molar-refractivity contribution is 6.33. The number of halogens is 2. The summed E-state index contributed by atoms with van der Waals surface area (Å²) in [5.41, 5.74) is 0.103. The van der Waals surface area contributed by atoms with Crippen molar-refractivity contribution in [1.29, 1.82) is 0 Å². The summed E-state index contributed by atoms with van der Waals surface area (Å²) in [6.45, 7) is 0. The third-order valence-corrected chi connectivity index (χ3v) is 1.38. The molecule has 3 nitrogen and oxygen atoms in total. The predicted octanol–water partition coefficient (Wildman–Crippen LogP) is 2.79. The molecule has 0 aliphatic heterocycles. The first-order valence-corrected chi connectivity index (χ1v) is 3.15. The minimum atomic E-state index is 0.0301. The maximum Gasteiger partial charge on any atom is 0.159 e. The molecule has 0 aromatic carbocycles. The molecule has 0 aliphatic rings. The van der Waals surface area contributed by atoms with Crippen molar-refractivity contribution < 1.29 is 0 Å². The van der Waals surface area contributed by atoms with E-state index in [1.165, 1.54) is 12.1 Å². The molecule has 52 valence electrons. The van der Waals surface area contributed by atoms with E-state index < -0.39 is 0 Å². The Morgan fingerprint density at radius 3 is 2.60 bits per heavy atom. The van der Waals surface area contributed by atoms with Gasteiger partial charge in [-0.1, -0.05) is 23.2 Å². The average molecular weight is 177 g/mol. The lowest BCUT2D eigenvalue weighted by atomic mass is 10.4. The van der Waals surface area contributed by atoms with Gasteiger partial charge in [-0.3, -0.25) is 0 Å². The van der Waals surface area contributed by atoms with Crippen molar-refractivity contribution in [1.82, 2.24) is 4.98 Å². The van der Waals surface area contributed by atoms with E-state index in [-0.39, 0.29) is 16.0 Å². The number of rotatable bonds is 1. The fourth-order valence-electron chi connectivity index (χ4n) is 0.473. The predicted molar refractivity (Wildman–Crippen MR) is 39.7 cm³/mol. The van der Waals surface area contributed by atoms with E-state index in [4.69, 9.17) is 23.2 Å². The maximum atomic E-state index is 9.92. The number of hydrogen-bond donors (Lipinski definition) is 0. The second-order valence-corrected chi connectivity index (χ2v) is 2.28. The molecule has 0 bridgehead atoms. The Bertz CT molecular complexity index is 264. The lowest BCUT2D eigenvalue weighted by molar-refractivity contribution is 1.30. The lowest BCUT2D eigenvalue weighted by Gasteiger charge is -1.91. The van der Waals surface area contributed by atoms with Crippen molar-refractivity contribution in [3.63, 3.8) is 0 Å². The SMILES string of the molecule is O=Nc1ccc(Cl)nc1Cl. The monoisotopic (exact) mass is 176 g/mol. The molecular weight excluding hydrogens is 175 g/mol. The Hall–Kier alpha value is -0.670. The van der Waals surface area contributed by atoms with E-state index in [0.29, 0.717) is 0 Å². The number of pyridine rings is 1. The Labute approximate surface area is 67.0 Å². The van der Waals surface area contributed by atoms with Crippen LogP contribution in [0.3, 0.4) is 0 Å². The first-order valence-electron chi connectivity index (χ1n) is 2.39. The van der Waals surface area contributed by atoms with Gasteiger partial charge in [0.1, 0.15) is 10.8 Å². The fraction of sp³-hybridized carbons (Fsp3) is 0. The topological polar surface area (TPSA) is 42.3 Å². The van der Waals surface area contributed by atoms with Gasteiger partial charge < -0.3 is 0 Å². The zero-order chi connectivity index (χ0) is 7.56. The average Bonchev–Trinajstić information content (AvgIpc) is 1.88. The fourth-order valence-corrected chi connectivity index (χ4v) is 0.852. The number of aromatic nitrogens is 1. The van der Waals surface area contributed by atoms with Gasteiger partial charge in [-0.15, -0.1) is 4.91 Å². The van der Waals surface area contributed by atoms with Gasteiger partial charge in [-0.2, -0.15) is 0 Å². The Morgan fingerprint density at radius 2 is 2.10 bits per heavy atom. The standard InChI is InChI=1S/C5H2Cl2N2O/c6-4-2-1-3(9-10)5(7)8-4/h1-2H. The van der Waals surface area contributed by atoms with E-state index in [0.717, 1.165) is 0 Å². The van der Waals surface area contributed by atoms with Crippen LogP contribution in [0, 0.1) is 4.91 Å². The Morgan fingerprint density at radius 1 is 1.40 bits per heavy atom. The second kappa shape index (κ2) is 2.94. The molecule has 0 unspecified atom stereocenters. The largest absolute Gasteiger partial charge is 0.222 e. The van der Waals surface area contributed by atoms with Crippen molar-refractivity contribution >= 4 is 28.9 Å². The number of nitrogens with zero attached hydrogens (tertiary/aromatic N) is 2. The van der Waals surface area contributed by atoms with Crippen molar-refractivity contribution in [3.8, 4) is 0 Å². The molecule has 0 aliphatic carbocycles. The van der Waals surface area contributed by atoms with Crippen LogP contribution in [0.25, 0.3) is 0 Å². The van der Waals surface area contributed by atoms with E-state index in [1.54, 1.807) is 0 Å². The summed E-state index contributed by atoms with van der Waals surface area (Å²) in [6.07, 6.45) is 0. The van der Waals surface area contributed by atoms with Gasteiger partial charge in [0, 0.05) is 0 Å². The van der Waals surface area contributed by atoms with Gasteiger partial charge in [0.2, 0.25) is 0 Å². The first-order chi connectivity index (χ1) is 4.74. The van der Waals surface area contributed by atoms with Crippen molar-refractivity contribution in [2.45, 2.75) is 0 Å². The molecule has 1 heterocycles. The maximum absolute atomic E-state index is 9.92. The van der Waals surface area contributed by atoms with Gasteiger partial charge in [-0.25, -0.2) is 4.98 Å². The van der Waals surface area contributed by atoms with Crippen LogP contribution in [0.2, 0.25) is 10.3 Å². The zero-order valence-corrected chi connectivity index (χ0v) is 6.23. The third-order valence-electron chi connectivity index (χ3n) is 0.893. The van der Waals surface area contributed by atoms with E-state index in [1.807, 2.05) is 0 Å². The van der Waals surface area contributed by atoms with Gasteiger partial charge in [0.15, 0.2) is 5.15 Å². The van der Waals surface area contributed by atoms with Crippen LogP contribution >= 0.6 is 23.2 Å². The molecule has 0 saturated carbocycles. The smallest absolute Gasteiger partial charge is 0.159 e. The van der Waals surface area contributed by atoms with Gasteiger partial charge in [-0.05, 0) is 17.3 Å². The van der Waals surface area contributed by atoms with Crippen molar-refractivity contribution in [2.75, 3.05) is 0 Å². The molecule has 0 fully saturated rings. The molecule has 0 spiro atoms. The summed E-state index contributed by atoms with van der Waals surface area (Å²) >= 11 is 10.9. The van der Waals surface area contributed by atoms with Crippen LogP contribution in [0.4, 0.5) is 5.69 Å². The molecule has 0 atom stereocenters. The van der Waals surface area contributed by atoms with Crippen LogP contribution in [0.15, 0.2) is 17.3 Å². The summed E-state index contributed by atoms with van der Waals surface area (Å²) in [5.74, 6) is 0. The summed E-state index contributed by atoms with van der Waals surface area (Å²) in [7, 11) is 0. The minimum Gasteiger partial charge on any atom is -0.222 e. The number of hydrogen-bond acceptors (Lipinski definition) is 3. The molecule has 10 heavy (non-hydrogen) atoms. The minimum absolute atomic E-state index is 0.0301. The molecular formula is C5H2Cl2N2O. The van der Waals surface area contributed by atoms with Crippen LogP contribution in [0.5, 0.6) is 0 Å². The molecule has 1 aromatic rings. The first kappa shape index (κ1) is 7.44. The highest BCUT2D eigenvalue weighted by Gasteiger charge is 2.00. The summed E-state index contributed by atoms with van der Waals surface area (Å²) in [6, 6.07) is 2.86. The summed E-state index contributed by atoms with van der Waals surface area (Å²) in [5, 5.41) is 2.89. The molecule has 0 saturated heterocycles. The van der Waals surface area contributed by atoms with Gasteiger partial charge in [0.05, 0.1) is 0 Å². The van der Waals surface area contributed by atoms with Gasteiger partial charge >= 0.3 is 0 Å². The molecule has 0 amide bonds. The molecule has 1 aromatic heterocycles. The Balaban J connectivity index is 3.19. The molecule has 0 N–H and O–H groups in total. The van der Waals surface area contributed by atoms with Crippen LogP contribution in [-0.2, 0) is 0 Å². The van der Waals surface area contributed by atoms with E-state index in [9.17, 15) is 4.91 Å². The Kier molecular flexibility index (Phi) is 2.19. The summed E-state index contributed by atoms with van der Waals surface area (Å²) < 4.78 is 0. The molecule has 0 radical (unpaired) electrons. The third kappa shape index (κ3) is 1.43. The van der Waals surface area contributed by atoms with Crippen LogP contribution in [-0.4, -0.2) is 4.98 Å². The van der Waals surface area contributed by atoms with Crippen molar-refractivity contribution in [3.05, 3.63) is 27.3 Å². The van der Waals surface area contributed by atoms with Crippen LogP contribution < -0.4 is 0 Å². The molecule has 1 rings (SSSR count). The molecule has 5 heteroatoms. The zero-order valence-electron chi connectivity index (χ0n) is 4.71. The highest BCUT2D eigenvalue weighted by atomic mass is 35.5. The number of nitroso groups, excluding NO2 is 1. The normalized spacial score (nSPS) is 9.40. The second-order valence-electron chi connectivity index (χ2n) is 1.54. The highest BCUT2D eigenvalue weighted by Crippen LogP contribution is 2.23. The lowest BCUT2D eigenvalue weighted by Crippen LogP contribution is -1.75. The van der Waals surface area contributed by atoms with Crippen LogP contribution in [0.1, 0.15) is 0 Å². The van der Waals surface area contributed by atoms with E-state index in [2.05, 4.69) is 10.2 Å².